The van der Waals surface area contributed by atoms with Gasteiger partial charge in [0, 0.05) is 42.4 Å². The van der Waals surface area contributed by atoms with Crippen molar-refractivity contribution in [1.29, 1.82) is 0 Å². The summed E-state index contributed by atoms with van der Waals surface area (Å²) in [6.07, 6.45) is 3.49. The van der Waals surface area contributed by atoms with Crippen LogP contribution in [0.3, 0.4) is 0 Å². The number of rotatable bonds is 6. The number of nitrogens with two attached hydrogens (primary N) is 1. The molecule has 1 aliphatic heterocycles. The average molecular weight is 585 g/mol. The van der Waals surface area contributed by atoms with Gasteiger partial charge in [-0.05, 0) is 43.0 Å². The Balaban J connectivity index is 1.77. The lowest BCUT2D eigenvalue weighted by Crippen LogP contribution is -2.39. The molecule has 0 saturated heterocycles. The van der Waals surface area contributed by atoms with E-state index in [0.717, 1.165) is 53.0 Å². The number of fused-ring (bicyclic) bond motifs is 1. The van der Waals surface area contributed by atoms with Gasteiger partial charge in [-0.1, -0.05) is 55.2 Å². The number of benzene rings is 2. The number of aromatic nitrogens is 3. The number of pyridine rings is 1. The molecule has 0 radical (unpaired) electrons. The number of urea groups is 1. The van der Waals surface area contributed by atoms with E-state index in [4.69, 9.17) is 34.0 Å². The molecule has 0 spiro atoms. The van der Waals surface area contributed by atoms with Crippen LogP contribution in [0.5, 0.6) is 0 Å². The maximum absolute atomic E-state index is 15.8. The molecule has 0 aliphatic carbocycles. The smallest absolute Gasteiger partial charge is 0.316 e. The first kappa shape index (κ1) is 27.9. The molecule has 1 aliphatic rings. The largest absolute Gasteiger partial charge is 0.351 e. The van der Waals surface area contributed by atoms with Crippen LogP contribution in [0, 0.1) is 11.6 Å². The summed E-state index contributed by atoms with van der Waals surface area (Å²) in [6, 6.07) is 8.64. The average Bonchev–Trinajstić information content (AvgIpc) is 3.26. The predicted molar refractivity (Wildman–Crippen MR) is 154 cm³/mol. The van der Waals surface area contributed by atoms with Gasteiger partial charge >= 0.3 is 6.03 Å². The summed E-state index contributed by atoms with van der Waals surface area (Å²) in [5, 5.41) is 7.95. The molecule has 0 bridgehead atoms. The second-order valence-corrected chi connectivity index (χ2v) is 10.6. The third kappa shape index (κ3) is 4.99. The number of hydrogen-bond acceptors (Lipinski definition) is 4. The van der Waals surface area contributed by atoms with E-state index in [9.17, 15) is 4.79 Å². The fourth-order valence-electron chi connectivity index (χ4n) is 5.33. The monoisotopic (exact) mass is 584 g/mol. The molecule has 2 aromatic heterocycles. The third-order valence-electron chi connectivity index (χ3n) is 7.22. The minimum atomic E-state index is -0.991. The Bertz CT molecular complexity index is 1600. The van der Waals surface area contributed by atoms with Gasteiger partial charge in [-0.2, -0.15) is 5.10 Å². The molecule has 3 heterocycles. The fraction of sp³-hybridized carbons (Fsp3) is 0.276. The van der Waals surface area contributed by atoms with Crippen molar-refractivity contribution in [1.82, 2.24) is 14.8 Å². The van der Waals surface area contributed by atoms with Crippen molar-refractivity contribution >= 4 is 40.7 Å². The highest BCUT2D eigenvalue weighted by atomic mass is 35.5. The molecule has 0 fully saturated rings. The standard InChI is InChI=1S/C29H28Cl2F2N6O/c1-4-16-7-6-8-17(5-2)26(16)39-27(19-11-23(33)25(12-22(19)32)36-29(34)40)20-14-38(15(3)9-24(20)37-39)28-21(31)10-18(30)13-35-28/h6-8,10-13,15H,4-5,9,14H2,1-3H3,(H3,34,36,40)/t15-/m1/s1. The molecule has 11 heteroatoms. The quantitative estimate of drug-likeness (QED) is 0.253. The maximum Gasteiger partial charge on any atom is 0.316 e. The van der Waals surface area contributed by atoms with E-state index < -0.39 is 17.7 Å². The molecule has 2 aromatic carbocycles. The lowest BCUT2D eigenvalue weighted by atomic mass is 9.95. The first-order valence-corrected chi connectivity index (χ1v) is 13.7. The topological polar surface area (TPSA) is 89.1 Å². The van der Waals surface area contributed by atoms with E-state index in [1.165, 1.54) is 6.20 Å². The van der Waals surface area contributed by atoms with Crippen molar-refractivity contribution < 1.29 is 13.6 Å². The number of hydrogen-bond donors (Lipinski definition) is 2. The number of amides is 2. The van der Waals surface area contributed by atoms with Gasteiger partial charge < -0.3 is 16.0 Å². The Hall–Kier alpha value is -3.69. The number of nitrogens with one attached hydrogen (secondary N) is 1. The Kier molecular flexibility index (Phi) is 7.70. The van der Waals surface area contributed by atoms with Gasteiger partial charge in [0.05, 0.1) is 32.8 Å². The minimum absolute atomic E-state index is 0.0129. The van der Waals surface area contributed by atoms with E-state index in [-0.39, 0.29) is 17.3 Å². The second kappa shape index (κ2) is 11.1. The third-order valence-corrected chi connectivity index (χ3v) is 7.71. The summed E-state index contributed by atoms with van der Waals surface area (Å²) in [5.41, 5.74) is 9.65. The zero-order chi connectivity index (χ0) is 28.7. The lowest BCUT2D eigenvalue weighted by Gasteiger charge is -2.34. The molecule has 208 valence electrons. The van der Waals surface area contributed by atoms with Crippen LogP contribution in [0.2, 0.25) is 10.0 Å². The maximum atomic E-state index is 15.8. The van der Waals surface area contributed by atoms with Crippen molar-refractivity contribution in [3.63, 3.8) is 0 Å². The van der Waals surface area contributed by atoms with E-state index in [1.807, 2.05) is 43.9 Å². The normalized spacial score (nSPS) is 14.8. The highest BCUT2D eigenvalue weighted by Gasteiger charge is 2.33. The summed E-state index contributed by atoms with van der Waals surface area (Å²) < 4.78 is 32.8. The summed E-state index contributed by atoms with van der Waals surface area (Å²) in [4.78, 5) is 17.8. The van der Waals surface area contributed by atoms with Crippen LogP contribution in [0.4, 0.5) is 25.1 Å². The Morgan fingerprint density at radius 3 is 2.45 bits per heavy atom. The first-order chi connectivity index (χ1) is 19.1. The lowest BCUT2D eigenvalue weighted by molar-refractivity contribution is 0.259. The van der Waals surface area contributed by atoms with E-state index in [1.54, 1.807) is 10.7 Å². The molecular formula is C29H28Cl2F2N6O. The molecule has 0 saturated carbocycles. The summed E-state index contributed by atoms with van der Waals surface area (Å²) in [5.74, 6) is -1.01. The molecular weight excluding hydrogens is 557 g/mol. The minimum Gasteiger partial charge on any atom is -0.351 e. The second-order valence-electron chi connectivity index (χ2n) is 9.76. The van der Waals surface area contributed by atoms with Gasteiger partial charge in [0.25, 0.3) is 0 Å². The number of primary amides is 1. The van der Waals surface area contributed by atoms with Crippen LogP contribution in [0.15, 0.2) is 42.6 Å². The highest BCUT2D eigenvalue weighted by Crippen LogP contribution is 2.40. The van der Waals surface area contributed by atoms with Crippen molar-refractivity contribution in [2.24, 2.45) is 5.73 Å². The first-order valence-electron chi connectivity index (χ1n) is 13.0. The van der Waals surface area contributed by atoms with Crippen LogP contribution in [-0.2, 0) is 25.8 Å². The van der Waals surface area contributed by atoms with Gasteiger partial charge in [0.1, 0.15) is 17.5 Å². The van der Waals surface area contributed by atoms with Crippen molar-refractivity contribution in [2.45, 2.75) is 52.6 Å². The van der Waals surface area contributed by atoms with Gasteiger partial charge in [-0.25, -0.2) is 23.2 Å². The molecule has 3 N–H and O–H groups in total. The Morgan fingerprint density at radius 1 is 1.12 bits per heavy atom. The van der Waals surface area contributed by atoms with Crippen molar-refractivity contribution in [2.75, 3.05) is 10.2 Å². The van der Waals surface area contributed by atoms with Gasteiger partial charge in [-0.15, -0.1) is 0 Å². The molecule has 2 amide bonds. The van der Waals surface area contributed by atoms with Crippen molar-refractivity contribution in [3.8, 4) is 16.9 Å². The van der Waals surface area contributed by atoms with Crippen LogP contribution in [0.1, 0.15) is 43.2 Å². The predicted octanol–water partition coefficient (Wildman–Crippen LogP) is 7.09. The SMILES string of the molecule is CCc1cccc(CC)c1-n1nc2c(c1-c1cc(F)c(NC(N)=O)cc1F)CN(c1ncc(Cl)cc1Cl)[C@H](C)C2. The van der Waals surface area contributed by atoms with Crippen LogP contribution < -0.4 is 16.0 Å². The van der Waals surface area contributed by atoms with Crippen LogP contribution in [0.25, 0.3) is 16.9 Å². The molecule has 40 heavy (non-hydrogen) atoms. The number of nitrogens with zero attached hydrogens (tertiary/aromatic N) is 4. The van der Waals surface area contributed by atoms with Crippen LogP contribution in [-0.4, -0.2) is 26.8 Å². The van der Waals surface area contributed by atoms with Gasteiger partial charge in [-0.3, -0.25) is 0 Å². The van der Waals surface area contributed by atoms with E-state index in [0.29, 0.717) is 34.5 Å². The number of carbonyl (C=O) groups excluding carboxylic acids is 1. The van der Waals surface area contributed by atoms with Crippen molar-refractivity contribution in [3.05, 3.63) is 86.7 Å². The number of para-hydroxylation sites is 1. The van der Waals surface area contributed by atoms with E-state index >= 15 is 8.78 Å². The van der Waals surface area contributed by atoms with Gasteiger partial charge in [0.2, 0.25) is 0 Å². The molecule has 7 nitrogen and oxygen atoms in total. The summed E-state index contributed by atoms with van der Waals surface area (Å²) >= 11 is 12.6. The number of anilines is 2. The fourth-order valence-corrected chi connectivity index (χ4v) is 5.82. The zero-order valence-electron chi connectivity index (χ0n) is 22.2. The summed E-state index contributed by atoms with van der Waals surface area (Å²) in [7, 11) is 0. The number of halogens is 4. The molecule has 4 aromatic rings. The molecule has 5 rings (SSSR count). The number of aryl methyl sites for hydroxylation is 2. The Labute approximate surface area is 240 Å². The van der Waals surface area contributed by atoms with E-state index in [2.05, 4.69) is 10.3 Å². The number of carbonyl (C=O) groups is 1. The highest BCUT2D eigenvalue weighted by molar-refractivity contribution is 6.36. The Morgan fingerprint density at radius 2 is 1.82 bits per heavy atom. The zero-order valence-corrected chi connectivity index (χ0v) is 23.7. The van der Waals surface area contributed by atoms with Crippen LogP contribution >= 0.6 is 23.2 Å². The molecule has 0 unspecified atom stereocenters. The summed E-state index contributed by atoms with van der Waals surface area (Å²) in [6.45, 7) is 6.43. The van der Waals surface area contributed by atoms with Gasteiger partial charge in [0.15, 0.2) is 0 Å². The molecule has 1 atom stereocenters.